The van der Waals surface area contributed by atoms with Crippen LogP contribution in [0.15, 0.2) is 12.3 Å². The average Bonchev–Trinajstić information content (AvgIpc) is 2.25. The maximum Gasteiger partial charge on any atom is 0.239 e. The van der Waals surface area contributed by atoms with Gasteiger partial charge in [0, 0.05) is 18.8 Å². The minimum Gasteiger partial charge on any atom is -0.352 e. The molecule has 0 unspecified atom stereocenters. The van der Waals surface area contributed by atoms with Crippen molar-refractivity contribution in [2.75, 3.05) is 18.0 Å². The van der Waals surface area contributed by atoms with Gasteiger partial charge in [-0.3, -0.25) is 4.79 Å². The van der Waals surface area contributed by atoms with Gasteiger partial charge in [0.25, 0.3) is 0 Å². The van der Waals surface area contributed by atoms with E-state index in [2.05, 4.69) is 10.3 Å². The van der Waals surface area contributed by atoms with E-state index in [1.165, 1.54) is 12.3 Å². The van der Waals surface area contributed by atoms with Crippen LogP contribution in [0.25, 0.3) is 0 Å². The summed E-state index contributed by atoms with van der Waals surface area (Å²) in [5.41, 5.74) is 0. The van der Waals surface area contributed by atoms with Crippen LogP contribution in [0.5, 0.6) is 0 Å². The number of halogens is 2. The molecule has 1 aromatic heterocycles. The van der Waals surface area contributed by atoms with Crippen LogP contribution in [0.2, 0.25) is 5.02 Å². The quantitative estimate of drug-likeness (QED) is 0.895. The van der Waals surface area contributed by atoms with E-state index in [0.29, 0.717) is 6.54 Å². The minimum absolute atomic E-state index is 0.0548. The Balaban J connectivity index is 2.80. The Bertz CT molecular complexity index is 426. The molecule has 6 heteroatoms. The Morgan fingerprint density at radius 1 is 1.61 bits per heavy atom. The molecule has 18 heavy (non-hydrogen) atoms. The molecule has 0 saturated carbocycles. The number of nitrogens with one attached hydrogen (secondary N) is 1. The Morgan fingerprint density at radius 2 is 2.28 bits per heavy atom. The summed E-state index contributed by atoms with van der Waals surface area (Å²) in [6.07, 6.45) is 1.36. The largest absolute Gasteiger partial charge is 0.352 e. The Morgan fingerprint density at radius 3 is 2.78 bits per heavy atom. The molecular weight excluding hydrogens is 257 g/mol. The summed E-state index contributed by atoms with van der Waals surface area (Å²) in [6, 6.07) is 1.24. The van der Waals surface area contributed by atoms with Gasteiger partial charge in [-0.15, -0.1) is 0 Å². The molecule has 0 spiro atoms. The fourth-order valence-corrected chi connectivity index (χ4v) is 1.66. The number of carbonyl (C=O) groups is 1. The molecule has 0 aliphatic carbocycles. The molecule has 0 aromatic carbocycles. The topological polar surface area (TPSA) is 45.2 Å². The van der Waals surface area contributed by atoms with Crippen LogP contribution in [0, 0.1) is 5.82 Å². The fraction of sp³-hybridized carbons (Fsp3) is 0.500. The molecule has 1 aromatic rings. The van der Waals surface area contributed by atoms with Crippen LogP contribution >= 0.6 is 11.6 Å². The van der Waals surface area contributed by atoms with Crippen molar-refractivity contribution in [2.45, 2.75) is 26.8 Å². The number of hydrogen-bond donors (Lipinski definition) is 1. The van der Waals surface area contributed by atoms with Gasteiger partial charge in [0.05, 0.1) is 11.6 Å². The van der Waals surface area contributed by atoms with Crippen LogP contribution in [0.4, 0.5) is 10.2 Å². The SMILES string of the molecule is CCN(CC(=O)NC(C)C)c1ncc(Cl)cc1F. The summed E-state index contributed by atoms with van der Waals surface area (Å²) in [6.45, 7) is 6.13. The van der Waals surface area contributed by atoms with Gasteiger partial charge in [-0.25, -0.2) is 9.37 Å². The van der Waals surface area contributed by atoms with Crippen molar-refractivity contribution >= 4 is 23.3 Å². The molecule has 0 radical (unpaired) electrons. The van der Waals surface area contributed by atoms with E-state index >= 15 is 0 Å². The van der Waals surface area contributed by atoms with Gasteiger partial charge in [-0.1, -0.05) is 11.6 Å². The van der Waals surface area contributed by atoms with Gasteiger partial charge in [0.2, 0.25) is 5.91 Å². The normalized spacial score (nSPS) is 10.6. The van der Waals surface area contributed by atoms with Crippen molar-refractivity contribution in [1.82, 2.24) is 10.3 Å². The summed E-state index contributed by atoms with van der Waals surface area (Å²) >= 11 is 5.64. The zero-order valence-corrected chi connectivity index (χ0v) is 11.5. The first-order chi connectivity index (χ1) is 8.43. The summed E-state index contributed by atoms with van der Waals surface area (Å²) in [7, 11) is 0. The highest BCUT2D eigenvalue weighted by Crippen LogP contribution is 2.19. The monoisotopic (exact) mass is 273 g/mol. The molecule has 0 saturated heterocycles. The standard InChI is InChI=1S/C12H17ClFN3O/c1-4-17(7-11(18)16-8(2)3)12-10(14)5-9(13)6-15-12/h5-6,8H,4,7H2,1-3H3,(H,16,18). The van der Waals surface area contributed by atoms with Gasteiger partial charge < -0.3 is 10.2 Å². The molecule has 1 amide bonds. The molecule has 1 N–H and O–H groups in total. The number of anilines is 1. The minimum atomic E-state index is -0.526. The summed E-state index contributed by atoms with van der Waals surface area (Å²) in [5.74, 6) is -0.550. The third-order valence-corrected chi connectivity index (χ3v) is 2.46. The van der Waals surface area contributed by atoms with Gasteiger partial charge >= 0.3 is 0 Å². The molecule has 0 bridgehead atoms. The maximum absolute atomic E-state index is 13.7. The number of pyridine rings is 1. The first-order valence-corrected chi connectivity index (χ1v) is 6.17. The number of carbonyl (C=O) groups excluding carboxylic acids is 1. The van der Waals surface area contributed by atoms with Crippen molar-refractivity contribution in [3.63, 3.8) is 0 Å². The molecule has 1 heterocycles. The van der Waals surface area contributed by atoms with Crippen LogP contribution in [-0.4, -0.2) is 30.0 Å². The third-order valence-electron chi connectivity index (χ3n) is 2.25. The molecule has 1 rings (SSSR count). The molecule has 0 aliphatic rings. The number of rotatable bonds is 5. The highest BCUT2D eigenvalue weighted by molar-refractivity contribution is 6.30. The average molecular weight is 274 g/mol. The lowest BCUT2D eigenvalue weighted by molar-refractivity contribution is -0.120. The Labute approximate surface area is 111 Å². The molecule has 100 valence electrons. The smallest absolute Gasteiger partial charge is 0.239 e. The van der Waals surface area contributed by atoms with E-state index in [-0.39, 0.29) is 29.3 Å². The number of amides is 1. The van der Waals surface area contributed by atoms with Crippen LogP contribution in [-0.2, 0) is 4.79 Å². The predicted octanol–water partition coefficient (Wildman–Crippen LogP) is 2.22. The Hall–Kier alpha value is -1.36. The zero-order valence-electron chi connectivity index (χ0n) is 10.7. The van der Waals surface area contributed by atoms with E-state index in [4.69, 9.17) is 11.6 Å². The van der Waals surface area contributed by atoms with Gasteiger partial charge in [-0.05, 0) is 26.8 Å². The highest BCUT2D eigenvalue weighted by atomic mass is 35.5. The van der Waals surface area contributed by atoms with E-state index in [1.54, 1.807) is 4.90 Å². The highest BCUT2D eigenvalue weighted by Gasteiger charge is 2.15. The van der Waals surface area contributed by atoms with Gasteiger partial charge in [-0.2, -0.15) is 0 Å². The van der Waals surface area contributed by atoms with Crippen molar-refractivity contribution in [3.05, 3.63) is 23.1 Å². The van der Waals surface area contributed by atoms with E-state index in [1.807, 2.05) is 20.8 Å². The van der Waals surface area contributed by atoms with E-state index < -0.39 is 5.82 Å². The summed E-state index contributed by atoms with van der Waals surface area (Å²) in [4.78, 5) is 17.1. The number of aromatic nitrogens is 1. The first-order valence-electron chi connectivity index (χ1n) is 5.79. The molecular formula is C12H17ClFN3O. The lowest BCUT2D eigenvalue weighted by atomic mass is 10.3. The van der Waals surface area contributed by atoms with Crippen molar-refractivity contribution in [3.8, 4) is 0 Å². The Kier molecular flexibility index (Phi) is 5.34. The van der Waals surface area contributed by atoms with Crippen LogP contribution in [0.3, 0.4) is 0 Å². The molecule has 0 atom stereocenters. The van der Waals surface area contributed by atoms with Gasteiger partial charge in [0.1, 0.15) is 0 Å². The van der Waals surface area contributed by atoms with Crippen molar-refractivity contribution in [1.29, 1.82) is 0 Å². The van der Waals surface area contributed by atoms with Crippen LogP contribution in [0.1, 0.15) is 20.8 Å². The molecule has 0 fully saturated rings. The summed E-state index contributed by atoms with van der Waals surface area (Å²) < 4.78 is 13.7. The maximum atomic E-state index is 13.7. The third kappa shape index (κ3) is 4.14. The number of likely N-dealkylation sites (N-methyl/N-ethyl adjacent to an activating group) is 1. The fourth-order valence-electron chi connectivity index (χ4n) is 1.52. The molecule has 4 nitrogen and oxygen atoms in total. The van der Waals surface area contributed by atoms with Crippen molar-refractivity contribution < 1.29 is 9.18 Å². The second-order valence-corrected chi connectivity index (χ2v) is 4.63. The first kappa shape index (κ1) is 14.7. The molecule has 0 aliphatic heterocycles. The van der Waals surface area contributed by atoms with Crippen molar-refractivity contribution in [2.24, 2.45) is 0 Å². The second kappa shape index (κ2) is 6.54. The van der Waals surface area contributed by atoms with E-state index in [0.717, 1.165) is 0 Å². The van der Waals surface area contributed by atoms with Crippen LogP contribution < -0.4 is 10.2 Å². The lowest BCUT2D eigenvalue weighted by Gasteiger charge is -2.22. The number of nitrogens with zero attached hydrogens (tertiary/aromatic N) is 2. The lowest BCUT2D eigenvalue weighted by Crippen LogP contribution is -2.40. The summed E-state index contributed by atoms with van der Waals surface area (Å²) in [5, 5.41) is 2.99. The van der Waals surface area contributed by atoms with E-state index in [9.17, 15) is 9.18 Å². The number of hydrogen-bond acceptors (Lipinski definition) is 3. The second-order valence-electron chi connectivity index (χ2n) is 4.20. The van der Waals surface area contributed by atoms with Gasteiger partial charge in [0.15, 0.2) is 11.6 Å². The predicted molar refractivity (Wildman–Crippen MR) is 70.4 cm³/mol. The zero-order chi connectivity index (χ0) is 13.7.